The molecule has 44 heavy (non-hydrogen) atoms. The highest BCUT2D eigenvalue weighted by atomic mass is 19.1. The Morgan fingerprint density at radius 3 is 2.48 bits per heavy atom. The number of ether oxygens (including phenoxy) is 2. The van der Waals surface area contributed by atoms with E-state index in [0.29, 0.717) is 28.6 Å². The van der Waals surface area contributed by atoms with E-state index in [1.807, 2.05) is 62.9 Å². The molecule has 9 nitrogen and oxygen atoms in total. The number of aryl methyl sites for hydroxylation is 2. The maximum atomic E-state index is 15.2. The van der Waals surface area contributed by atoms with Crippen LogP contribution in [-0.4, -0.2) is 59.6 Å². The van der Waals surface area contributed by atoms with Crippen molar-refractivity contribution in [2.75, 3.05) is 48.8 Å². The highest BCUT2D eigenvalue weighted by Gasteiger charge is 2.33. The van der Waals surface area contributed by atoms with Gasteiger partial charge in [-0.3, -0.25) is 4.79 Å². The first-order valence-electron chi connectivity index (χ1n) is 14.8. The molecule has 4 aromatic rings. The van der Waals surface area contributed by atoms with Crippen LogP contribution < -0.4 is 25.0 Å². The number of benzene rings is 3. The Hall–Kier alpha value is -4.70. The molecule has 0 atom stereocenters. The van der Waals surface area contributed by atoms with E-state index < -0.39 is 5.91 Å². The molecule has 1 aromatic heterocycles. The number of nitrogens with one attached hydrogen (secondary N) is 2. The van der Waals surface area contributed by atoms with Crippen molar-refractivity contribution in [3.05, 3.63) is 88.9 Å². The van der Waals surface area contributed by atoms with Crippen LogP contribution in [0.1, 0.15) is 40.9 Å². The second kappa shape index (κ2) is 11.8. The van der Waals surface area contributed by atoms with Gasteiger partial charge in [0.05, 0.1) is 5.69 Å². The minimum atomic E-state index is -0.416. The number of nitrogens with zero attached hydrogens (tertiary/aromatic N) is 4. The molecule has 0 saturated carbocycles. The lowest BCUT2D eigenvalue weighted by atomic mass is 10.0. The second-order valence-electron chi connectivity index (χ2n) is 12.1. The molecule has 2 N–H and O–H groups in total. The fraction of sp³-hybridized carbons (Fsp3) is 0.324. The number of halogens is 1. The van der Waals surface area contributed by atoms with Crippen LogP contribution in [0.25, 0.3) is 0 Å². The molecule has 3 aromatic carbocycles. The van der Waals surface area contributed by atoms with Crippen LogP contribution in [-0.2, 0) is 6.42 Å². The van der Waals surface area contributed by atoms with Gasteiger partial charge in [0.1, 0.15) is 17.0 Å². The van der Waals surface area contributed by atoms with Gasteiger partial charge in [-0.25, -0.2) is 9.37 Å². The minimum absolute atomic E-state index is 0.0440. The van der Waals surface area contributed by atoms with E-state index >= 15 is 4.39 Å². The Balaban J connectivity index is 1.31. The third-order valence-corrected chi connectivity index (χ3v) is 8.03. The highest BCUT2D eigenvalue weighted by Crippen LogP contribution is 2.43. The number of anilines is 4. The third-order valence-electron chi connectivity index (χ3n) is 8.03. The number of hydrogen-bond acceptors (Lipinski definition) is 8. The van der Waals surface area contributed by atoms with Gasteiger partial charge in [-0.2, -0.15) is 4.98 Å². The quantitative estimate of drug-likeness (QED) is 0.250. The van der Waals surface area contributed by atoms with Gasteiger partial charge in [-0.15, -0.1) is 0 Å². The molecule has 1 saturated heterocycles. The van der Waals surface area contributed by atoms with Crippen molar-refractivity contribution in [3.8, 4) is 17.4 Å². The van der Waals surface area contributed by atoms with E-state index in [4.69, 9.17) is 9.47 Å². The van der Waals surface area contributed by atoms with E-state index in [-0.39, 0.29) is 28.8 Å². The van der Waals surface area contributed by atoms with Crippen LogP contribution in [0, 0.1) is 19.7 Å². The molecule has 2 aliphatic heterocycles. The fourth-order valence-electron chi connectivity index (χ4n) is 5.64. The Bertz CT molecular complexity index is 1700. The van der Waals surface area contributed by atoms with Crippen LogP contribution in [0.5, 0.6) is 17.4 Å². The number of likely N-dealkylation sites (N-methyl/N-ethyl adjacent to an activating group) is 1. The molecule has 1 fully saturated rings. The Morgan fingerprint density at radius 1 is 1.02 bits per heavy atom. The standard InChI is InChI=1S/C34H37FN6O3/c1-21-8-6-9-22(2)29(21)38-31(42)25-20-36-33(37-24-12-13-27(26(35)18-24)41-16-14-40(5)15-17-41)39-32(25)43-28-11-7-10-23-19-34(3,4)44-30(23)28/h6-13,18,20H,14-17,19H2,1-5H3,(H,38,42)(H,36,37,39). The summed E-state index contributed by atoms with van der Waals surface area (Å²) in [6.07, 6.45) is 2.14. The van der Waals surface area contributed by atoms with Gasteiger partial charge in [0, 0.05) is 55.7 Å². The van der Waals surface area contributed by atoms with E-state index in [0.717, 1.165) is 49.3 Å². The summed E-state index contributed by atoms with van der Waals surface area (Å²) < 4.78 is 27.7. The lowest BCUT2D eigenvalue weighted by Gasteiger charge is -2.34. The molecule has 1 amide bonds. The van der Waals surface area contributed by atoms with Gasteiger partial charge in [-0.1, -0.05) is 30.3 Å². The molecule has 3 heterocycles. The first-order chi connectivity index (χ1) is 21.1. The predicted molar refractivity (Wildman–Crippen MR) is 170 cm³/mol. The third kappa shape index (κ3) is 6.16. The Kier molecular flexibility index (Phi) is 7.85. The maximum absolute atomic E-state index is 15.2. The van der Waals surface area contributed by atoms with Gasteiger partial charge in [0.2, 0.25) is 11.8 Å². The normalized spacial score (nSPS) is 15.8. The number of amides is 1. The molecule has 2 aliphatic rings. The average molecular weight is 597 g/mol. The zero-order chi connectivity index (χ0) is 31.0. The fourth-order valence-corrected chi connectivity index (χ4v) is 5.64. The SMILES string of the molecule is Cc1cccc(C)c1NC(=O)c1cnc(Nc2ccc(N3CCN(C)CC3)c(F)c2)nc1Oc1cccc2c1OC(C)(C)C2. The lowest BCUT2D eigenvalue weighted by molar-refractivity contribution is 0.102. The van der Waals surface area contributed by atoms with Crippen molar-refractivity contribution in [2.24, 2.45) is 0 Å². The van der Waals surface area contributed by atoms with E-state index in [9.17, 15) is 4.79 Å². The van der Waals surface area contributed by atoms with Gasteiger partial charge < -0.3 is 29.9 Å². The summed E-state index contributed by atoms with van der Waals surface area (Å²) in [6.45, 7) is 11.2. The van der Waals surface area contributed by atoms with Crippen molar-refractivity contribution in [1.82, 2.24) is 14.9 Å². The average Bonchev–Trinajstić information content (AvgIpc) is 3.31. The zero-order valence-electron chi connectivity index (χ0n) is 25.7. The number of carbonyl (C=O) groups excluding carboxylic acids is 1. The zero-order valence-corrected chi connectivity index (χ0v) is 25.7. The van der Waals surface area contributed by atoms with Crippen molar-refractivity contribution in [2.45, 2.75) is 39.7 Å². The summed E-state index contributed by atoms with van der Waals surface area (Å²) in [5.74, 6) is 0.516. The summed E-state index contributed by atoms with van der Waals surface area (Å²) in [5.41, 5.74) is 4.38. The number of para-hydroxylation sites is 2. The predicted octanol–water partition coefficient (Wildman–Crippen LogP) is 6.49. The highest BCUT2D eigenvalue weighted by molar-refractivity contribution is 6.06. The molecular weight excluding hydrogens is 559 g/mol. The lowest BCUT2D eigenvalue weighted by Crippen LogP contribution is -2.44. The molecule has 10 heteroatoms. The summed E-state index contributed by atoms with van der Waals surface area (Å²) in [7, 11) is 2.07. The maximum Gasteiger partial charge on any atom is 0.262 e. The monoisotopic (exact) mass is 596 g/mol. The van der Waals surface area contributed by atoms with E-state index in [1.54, 1.807) is 18.2 Å². The van der Waals surface area contributed by atoms with Crippen LogP contribution in [0.2, 0.25) is 0 Å². The Labute approximate surface area is 257 Å². The summed E-state index contributed by atoms with van der Waals surface area (Å²) >= 11 is 0. The molecule has 228 valence electrons. The minimum Gasteiger partial charge on any atom is -0.483 e. The van der Waals surface area contributed by atoms with Gasteiger partial charge >= 0.3 is 0 Å². The smallest absolute Gasteiger partial charge is 0.262 e. The Morgan fingerprint density at radius 2 is 1.75 bits per heavy atom. The number of rotatable bonds is 7. The summed E-state index contributed by atoms with van der Waals surface area (Å²) in [5, 5.41) is 6.07. The number of piperazine rings is 1. The number of carbonyl (C=O) groups is 1. The van der Waals surface area contributed by atoms with Crippen LogP contribution >= 0.6 is 0 Å². The molecule has 0 unspecified atom stereocenters. The molecule has 0 aliphatic carbocycles. The molecule has 0 radical (unpaired) electrons. The number of aromatic nitrogens is 2. The van der Waals surface area contributed by atoms with Gasteiger partial charge in [0.15, 0.2) is 11.5 Å². The van der Waals surface area contributed by atoms with Crippen LogP contribution in [0.15, 0.2) is 60.8 Å². The van der Waals surface area contributed by atoms with Crippen molar-refractivity contribution >= 4 is 28.9 Å². The topological polar surface area (TPSA) is 91.9 Å². The first-order valence-corrected chi connectivity index (χ1v) is 14.8. The van der Waals surface area contributed by atoms with Crippen molar-refractivity contribution in [1.29, 1.82) is 0 Å². The first kappa shape index (κ1) is 29.4. The van der Waals surface area contributed by atoms with E-state index in [2.05, 4.69) is 32.5 Å². The summed E-state index contributed by atoms with van der Waals surface area (Å²) in [6, 6.07) is 16.5. The van der Waals surface area contributed by atoms with E-state index in [1.165, 1.54) is 12.3 Å². The number of fused-ring (bicyclic) bond motifs is 1. The largest absolute Gasteiger partial charge is 0.483 e. The summed E-state index contributed by atoms with van der Waals surface area (Å²) in [4.78, 5) is 26.9. The second-order valence-corrected chi connectivity index (χ2v) is 12.1. The molecular formula is C34H37FN6O3. The number of hydrogen-bond donors (Lipinski definition) is 2. The van der Waals surface area contributed by atoms with Gasteiger partial charge in [0.25, 0.3) is 5.91 Å². The van der Waals surface area contributed by atoms with Crippen molar-refractivity contribution in [3.63, 3.8) is 0 Å². The molecule has 0 bridgehead atoms. The van der Waals surface area contributed by atoms with Gasteiger partial charge in [-0.05, 0) is 70.1 Å². The van der Waals surface area contributed by atoms with Crippen LogP contribution in [0.3, 0.4) is 0 Å². The van der Waals surface area contributed by atoms with Crippen LogP contribution in [0.4, 0.5) is 27.4 Å². The molecule has 6 rings (SSSR count). The van der Waals surface area contributed by atoms with Crippen molar-refractivity contribution < 1.29 is 18.7 Å². The molecule has 0 spiro atoms.